The molecule has 0 radical (unpaired) electrons. The van der Waals surface area contributed by atoms with Crippen molar-refractivity contribution in [1.82, 2.24) is 20.0 Å². The first-order chi connectivity index (χ1) is 7.18. The van der Waals surface area contributed by atoms with Crippen molar-refractivity contribution >= 4 is 5.91 Å². The lowest BCUT2D eigenvalue weighted by Gasteiger charge is -2.33. The van der Waals surface area contributed by atoms with E-state index in [0.29, 0.717) is 5.56 Å². The molecule has 2 heterocycles. The van der Waals surface area contributed by atoms with Crippen molar-refractivity contribution in [3.8, 4) is 0 Å². The highest BCUT2D eigenvalue weighted by Gasteiger charge is 2.24. The summed E-state index contributed by atoms with van der Waals surface area (Å²) in [5, 5.41) is 7.27. The zero-order valence-electron chi connectivity index (χ0n) is 9.10. The summed E-state index contributed by atoms with van der Waals surface area (Å²) in [4.78, 5) is 14.0. The molecular weight excluding hydrogens is 192 g/mol. The number of rotatable bonds is 1. The van der Waals surface area contributed by atoms with Gasteiger partial charge >= 0.3 is 0 Å². The summed E-state index contributed by atoms with van der Waals surface area (Å²) in [6, 6.07) is 0.256. The third kappa shape index (κ3) is 2.02. The van der Waals surface area contributed by atoms with Crippen LogP contribution in [0.3, 0.4) is 0 Å². The van der Waals surface area contributed by atoms with Crippen molar-refractivity contribution in [3.05, 3.63) is 18.0 Å². The van der Waals surface area contributed by atoms with Gasteiger partial charge in [0.25, 0.3) is 5.91 Å². The second kappa shape index (κ2) is 4.02. The predicted molar refractivity (Wildman–Crippen MR) is 56.6 cm³/mol. The molecular formula is C10H16N4O. The minimum atomic E-state index is 0.0806. The number of hydrogen-bond acceptors (Lipinski definition) is 3. The maximum atomic E-state index is 12.1. The van der Waals surface area contributed by atoms with Gasteiger partial charge in [-0.05, 0) is 6.92 Å². The molecule has 0 aliphatic carbocycles. The Labute approximate surface area is 89.1 Å². The number of carbonyl (C=O) groups is 1. The van der Waals surface area contributed by atoms with E-state index >= 15 is 0 Å². The highest BCUT2D eigenvalue weighted by atomic mass is 16.2. The van der Waals surface area contributed by atoms with Crippen LogP contribution < -0.4 is 5.32 Å². The van der Waals surface area contributed by atoms with E-state index in [9.17, 15) is 4.79 Å². The Hall–Kier alpha value is -1.36. The van der Waals surface area contributed by atoms with Gasteiger partial charge in [0.1, 0.15) is 0 Å². The molecule has 5 heteroatoms. The monoisotopic (exact) mass is 208 g/mol. The van der Waals surface area contributed by atoms with Crippen LogP contribution in [0, 0.1) is 0 Å². The Bertz CT molecular complexity index is 360. The minimum absolute atomic E-state index is 0.0806. The van der Waals surface area contributed by atoms with Gasteiger partial charge in [-0.1, -0.05) is 0 Å². The number of piperazine rings is 1. The first-order valence-electron chi connectivity index (χ1n) is 5.19. The molecule has 0 spiro atoms. The van der Waals surface area contributed by atoms with Crippen molar-refractivity contribution in [2.45, 2.75) is 13.0 Å². The van der Waals surface area contributed by atoms with Gasteiger partial charge in [-0.3, -0.25) is 9.48 Å². The second-order valence-corrected chi connectivity index (χ2v) is 3.95. The van der Waals surface area contributed by atoms with Crippen LogP contribution in [0.5, 0.6) is 0 Å². The van der Waals surface area contributed by atoms with E-state index in [4.69, 9.17) is 0 Å². The maximum Gasteiger partial charge on any atom is 0.257 e. The molecule has 1 saturated heterocycles. The van der Waals surface area contributed by atoms with Crippen molar-refractivity contribution in [2.75, 3.05) is 19.6 Å². The largest absolute Gasteiger partial charge is 0.333 e. The molecule has 1 atom stereocenters. The summed E-state index contributed by atoms with van der Waals surface area (Å²) in [5.74, 6) is 0.0806. The third-order valence-electron chi connectivity index (χ3n) is 2.71. The van der Waals surface area contributed by atoms with E-state index in [2.05, 4.69) is 17.3 Å². The summed E-state index contributed by atoms with van der Waals surface area (Å²) in [5.41, 5.74) is 0.672. The number of amides is 1. The number of nitrogens with one attached hydrogen (secondary N) is 1. The number of aryl methyl sites for hydroxylation is 1. The maximum absolute atomic E-state index is 12.1. The molecule has 82 valence electrons. The Morgan fingerprint density at radius 2 is 2.47 bits per heavy atom. The highest BCUT2D eigenvalue weighted by Crippen LogP contribution is 2.09. The number of hydrogen-bond donors (Lipinski definition) is 1. The fraction of sp³-hybridized carbons (Fsp3) is 0.600. The normalized spacial score (nSPS) is 21.7. The zero-order valence-corrected chi connectivity index (χ0v) is 9.10. The summed E-state index contributed by atoms with van der Waals surface area (Å²) in [6.45, 7) is 4.57. The van der Waals surface area contributed by atoms with E-state index in [-0.39, 0.29) is 11.9 Å². The molecule has 0 bridgehead atoms. The lowest BCUT2D eigenvalue weighted by Crippen LogP contribution is -2.52. The summed E-state index contributed by atoms with van der Waals surface area (Å²) >= 11 is 0. The minimum Gasteiger partial charge on any atom is -0.333 e. The molecule has 1 aliphatic heterocycles. The van der Waals surface area contributed by atoms with Crippen LogP contribution in [0.4, 0.5) is 0 Å². The fourth-order valence-electron chi connectivity index (χ4n) is 1.84. The quantitative estimate of drug-likeness (QED) is 0.698. The molecule has 1 aliphatic rings. The molecule has 1 amide bonds. The predicted octanol–water partition coefficient (Wildman–Crippen LogP) is -0.146. The van der Waals surface area contributed by atoms with Gasteiger partial charge in [-0.25, -0.2) is 0 Å². The molecule has 1 aromatic rings. The molecule has 5 nitrogen and oxygen atoms in total. The van der Waals surface area contributed by atoms with E-state index in [1.165, 1.54) is 0 Å². The zero-order chi connectivity index (χ0) is 10.8. The van der Waals surface area contributed by atoms with Crippen LogP contribution in [0.2, 0.25) is 0 Å². The lowest BCUT2D eigenvalue weighted by atomic mass is 10.2. The van der Waals surface area contributed by atoms with Crippen molar-refractivity contribution in [2.24, 2.45) is 7.05 Å². The summed E-state index contributed by atoms with van der Waals surface area (Å²) in [6.07, 6.45) is 3.38. The Morgan fingerprint density at radius 1 is 1.67 bits per heavy atom. The molecule has 2 rings (SSSR count). The van der Waals surface area contributed by atoms with Crippen LogP contribution in [0.1, 0.15) is 17.3 Å². The number of nitrogens with zero attached hydrogens (tertiary/aromatic N) is 3. The van der Waals surface area contributed by atoms with Crippen LogP contribution in [0.25, 0.3) is 0 Å². The van der Waals surface area contributed by atoms with E-state index in [0.717, 1.165) is 19.6 Å². The standard InChI is InChI=1S/C10H16N4O/c1-8-5-11-3-4-14(8)10(15)9-6-12-13(2)7-9/h6-8,11H,3-5H2,1-2H3/t8-/m1/s1. The first-order valence-corrected chi connectivity index (χ1v) is 5.19. The molecule has 0 aromatic carbocycles. The van der Waals surface area contributed by atoms with Gasteiger partial charge in [0.2, 0.25) is 0 Å². The fourth-order valence-corrected chi connectivity index (χ4v) is 1.84. The van der Waals surface area contributed by atoms with Crippen LogP contribution in [-0.4, -0.2) is 46.3 Å². The van der Waals surface area contributed by atoms with E-state index < -0.39 is 0 Å². The molecule has 0 unspecified atom stereocenters. The number of carbonyl (C=O) groups excluding carboxylic acids is 1. The summed E-state index contributed by atoms with van der Waals surface area (Å²) < 4.78 is 1.65. The molecule has 1 aromatic heterocycles. The average molecular weight is 208 g/mol. The molecule has 0 saturated carbocycles. The van der Waals surface area contributed by atoms with Crippen LogP contribution in [-0.2, 0) is 7.05 Å². The van der Waals surface area contributed by atoms with Gasteiger partial charge < -0.3 is 10.2 Å². The van der Waals surface area contributed by atoms with Crippen molar-refractivity contribution in [3.63, 3.8) is 0 Å². The smallest absolute Gasteiger partial charge is 0.257 e. The lowest BCUT2D eigenvalue weighted by molar-refractivity contribution is 0.0655. The molecule has 1 fully saturated rings. The summed E-state index contributed by atoms with van der Waals surface area (Å²) in [7, 11) is 1.82. The van der Waals surface area contributed by atoms with Gasteiger partial charge in [0.05, 0.1) is 11.8 Å². The van der Waals surface area contributed by atoms with Crippen LogP contribution >= 0.6 is 0 Å². The second-order valence-electron chi connectivity index (χ2n) is 3.95. The van der Waals surface area contributed by atoms with Crippen molar-refractivity contribution < 1.29 is 4.79 Å². The molecule has 15 heavy (non-hydrogen) atoms. The third-order valence-corrected chi connectivity index (χ3v) is 2.71. The van der Waals surface area contributed by atoms with Gasteiger partial charge in [0, 0.05) is 38.9 Å². The average Bonchev–Trinajstić information content (AvgIpc) is 2.65. The van der Waals surface area contributed by atoms with Gasteiger partial charge in [-0.15, -0.1) is 0 Å². The Morgan fingerprint density at radius 3 is 3.07 bits per heavy atom. The molecule has 1 N–H and O–H groups in total. The van der Waals surface area contributed by atoms with E-state index in [1.807, 2.05) is 11.9 Å². The Kier molecular flexibility index (Phi) is 2.73. The van der Waals surface area contributed by atoms with E-state index in [1.54, 1.807) is 17.1 Å². The number of aromatic nitrogens is 2. The SMILES string of the molecule is C[C@@H]1CNCCN1C(=O)c1cnn(C)c1. The first kappa shape index (κ1) is 10.2. The van der Waals surface area contributed by atoms with Gasteiger partial charge in [0.15, 0.2) is 0 Å². The van der Waals surface area contributed by atoms with Gasteiger partial charge in [-0.2, -0.15) is 5.10 Å². The Balaban J connectivity index is 2.13. The topological polar surface area (TPSA) is 50.2 Å². The highest BCUT2D eigenvalue weighted by molar-refractivity contribution is 5.94. The van der Waals surface area contributed by atoms with Crippen LogP contribution in [0.15, 0.2) is 12.4 Å². The van der Waals surface area contributed by atoms with Crippen molar-refractivity contribution in [1.29, 1.82) is 0 Å².